The Kier molecular flexibility index (Phi) is 5.42. The highest BCUT2D eigenvalue weighted by atomic mass is 16.5. The molecule has 0 aliphatic rings. The van der Waals surface area contributed by atoms with Crippen LogP contribution in [0.15, 0.2) is 0 Å². The number of hydrogen-bond acceptors (Lipinski definition) is 4. The first-order chi connectivity index (χ1) is 7.69. The van der Waals surface area contributed by atoms with E-state index in [0.29, 0.717) is 19.1 Å². The minimum atomic E-state index is 0.459. The Balaban J connectivity index is 2.71. The Morgan fingerprint density at radius 1 is 1.44 bits per heavy atom. The van der Waals surface area contributed by atoms with E-state index in [1.807, 2.05) is 4.68 Å². The van der Waals surface area contributed by atoms with Gasteiger partial charge in [0.25, 0.3) is 0 Å². The van der Waals surface area contributed by atoms with E-state index in [2.05, 4.69) is 24.2 Å². The molecule has 1 heterocycles. The molecule has 0 unspecified atom stereocenters. The lowest BCUT2D eigenvalue weighted by molar-refractivity contribution is 0.181. The molecule has 0 saturated carbocycles. The van der Waals surface area contributed by atoms with Crippen LogP contribution in [-0.4, -0.2) is 28.7 Å². The third kappa shape index (κ3) is 3.57. The van der Waals surface area contributed by atoms with Crippen LogP contribution in [-0.2, 0) is 24.2 Å². The molecule has 0 radical (unpaired) electrons. The van der Waals surface area contributed by atoms with E-state index in [9.17, 15) is 0 Å². The van der Waals surface area contributed by atoms with Gasteiger partial charge < -0.3 is 10.5 Å². The second-order valence-electron chi connectivity index (χ2n) is 4.34. The molecule has 0 aliphatic carbocycles. The maximum absolute atomic E-state index is 5.65. The topological polar surface area (TPSA) is 66.0 Å². The van der Waals surface area contributed by atoms with E-state index in [1.54, 1.807) is 7.11 Å². The average molecular weight is 226 g/mol. The molecule has 5 nitrogen and oxygen atoms in total. The van der Waals surface area contributed by atoms with Gasteiger partial charge in [-0.1, -0.05) is 19.1 Å². The molecule has 92 valence electrons. The molecule has 5 heteroatoms. The third-order valence-electron chi connectivity index (χ3n) is 2.58. The van der Waals surface area contributed by atoms with Crippen LogP contribution in [0.5, 0.6) is 0 Å². The van der Waals surface area contributed by atoms with Gasteiger partial charge in [0, 0.05) is 13.7 Å². The van der Waals surface area contributed by atoms with Crippen LogP contribution < -0.4 is 5.73 Å². The van der Waals surface area contributed by atoms with Crippen LogP contribution in [0.25, 0.3) is 0 Å². The fraction of sp³-hybridized carbons (Fsp3) is 0.818. The van der Waals surface area contributed by atoms with Gasteiger partial charge in [-0.05, 0) is 18.8 Å². The Labute approximate surface area is 97.0 Å². The highest BCUT2D eigenvalue weighted by Crippen LogP contribution is 2.11. The Hall–Kier alpha value is -0.940. The molecule has 0 aliphatic heterocycles. The minimum Gasteiger partial charge on any atom is -0.383 e. The van der Waals surface area contributed by atoms with Gasteiger partial charge in [-0.3, -0.25) is 0 Å². The Morgan fingerprint density at radius 3 is 2.75 bits per heavy atom. The van der Waals surface area contributed by atoms with E-state index >= 15 is 0 Å². The molecule has 0 atom stereocenters. The number of nitrogens with two attached hydrogens (primary N) is 1. The van der Waals surface area contributed by atoms with Gasteiger partial charge in [-0.25, -0.2) is 4.68 Å². The van der Waals surface area contributed by atoms with Crippen LogP contribution in [0.4, 0.5) is 0 Å². The minimum absolute atomic E-state index is 0.459. The van der Waals surface area contributed by atoms with E-state index < -0.39 is 0 Å². The van der Waals surface area contributed by atoms with Crippen LogP contribution in [0.2, 0.25) is 0 Å². The van der Waals surface area contributed by atoms with Gasteiger partial charge in [0.1, 0.15) is 0 Å². The standard InChI is InChI=1S/C11H22N4O/c1-9(2)4-5-11-10(8-12)13-14-15(11)6-7-16-3/h9H,4-8,12H2,1-3H3. The normalized spacial score (nSPS) is 11.3. The summed E-state index contributed by atoms with van der Waals surface area (Å²) < 4.78 is 6.96. The van der Waals surface area contributed by atoms with Crippen LogP contribution >= 0.6 is 0 Å². The second kappa shape index (κ2) is 6.60. The number of aromatic nitrogens is 3. The fourth-order valence-electron chi connectivity index (χ4n) is 1.58. The van der Waals surface area contributed by atoms with E-state index in [-0.39, 0.29) is 0 Å². The summed E-state index contributed by atoms with van der Waals surface area (Å²) in [4.78, 5) is 0. The first-order valence-electron chi connectivity index (χ1n) is 5.79. The van der Waals surface area contributed by atoms with Crippen molar-refractivity contribution in [1.29, 1.82) is 0 Å². The molecular weight excluding hydrogens is 204 g/mol. The van der Waals surface area contributed by atoms with E-state index in [4.69, 9.17) is 10.5 Å². The molecule has 16 heavy (non-hydrogen) atoms. The molecule has 1 rings (SSSR count). The highest BCUT2D eigenvalue weighted by molar-refractivity contribution is 5.10. The van der Waals surface area contributed by atoms with Crippen molar-refractivity contribution in [3.8, 4) is 0 Å². The van der Waals surface area contributed by atoms with E-state index in [1.165, 1.54) is 0 Å². The van der Waals surface area contributed by atoms with Crippen molar-refractivity contribution < 1.29 is 4.74 Å². The highest BCUT2D eigenvalue weighted by Gasteiger charge is 2.11. The summed E-state index contributed by atoms with van der Waals surface area (Å²) in [5.74, 6) is 0.677. The summed E-state index contributed by atoms with van der Waals surface area (Å²) >= 11 is 0. The fourth-order valence-corrected chi connectivity index (χ4v) is 1.58. The molecule has 0 spiro atoms. The quantitative estimate of drug-likeness (QED) is 0.752. The van der Waals surface area contributed by atoms with Gasteiger partial charge >= 0.3 is 0 Å². The van der Waals surface area contributed by atoms with Gasteiger partial charge in [0.2, 0.25) is 0 Å². The van der Waals surface area contributed by atoms with E-state index in [0.717, 1.165) is 30.8 Å². The van der Waals surface area contributed by atoms with Crippen molar-refractivity contribution in [2.24, 2.45) is 11.7 Å². The van der Waals surface area contributed by atoms with Gasteiger partial charge in [-0.2, -0.15) is 0 Å². The number of hydrogen-bond donors (Lipinski definition) is 1. The average Bonchev–Trinajstić information content (AvgIpc) is 2.65. The first-order valence-corrected chi connectivity index (χ1v) is 5.79. The smallest absolute Gasteiger partial charge is 0.0994 e. The number of rotatable bonds is 7. The number of ether oxygens (including phenoxy) is 1. The van der Waals surface area contributed by atoms with Crippen molar-refractivity contribution in [3.63, 3.8) is 0 Å². The summed E-state index contributed by atoms with van der Waals surface area (Å²) in [6, 6.07) is 0. The summed E-state index contributed by atoms with van der Waals surface area (Å²) in [6.07, 6.45) is 2.12. The van der Waals surface area contributed by atoms with Crippen LogP contribution in [0, 0.1) is 5.92 Å². The number of methoxy groups -OCH3 is 1. The van der Waals surface area contributed by atoms with Crippen molar-refractivity contribution >= 4 is 0 Å². The monoisotopic (exact) mass is 226 g/mol. The van der Waals surface area contributed by atoms with Crippen molar-refractivity contribution in [1.82, 2.24) is 15.0 Å². The zero-order valence-corrected chi connectivity index (χ0v) is 10.4. The maximum Gasteiger partial charge on any atom is 0.0994 e. The Morgan fingerprint density at radius 2 is 2.19 bits per heavy atom. The number of nitrogens with zero attached hydrogens (tertiary/aromatic N) is 3. The third-order valence-corrected chi connectivity index (χ3v) is 2.58. The summed E-state index contributed by atoms with van der Waals surface area (Å²) in [6.45, 7) is 6.29. The molecule has 1 aromatic rings. The zero-order valence-electron chi connectivity index (χ0n) is 10.4. The molecule has 0 fully saturated rings. The Bertz CT molecular complexity index is 309. The molecular formula is C11H22N4O. The lowest BCUT2D eigenvalue weighted by Crippen LogP contribution is -2.12. The largest absolute Gasteiger partial charge is 0.383 e. The predicted octanol–water partition coefficient (Wildman–Crippen LogP) is 0.972. The molecule has 0 saturated heterocycles. The van der Waals surface area contributed by atoms with Crippen molar-refractivity contribution in [2.75, 3.05) is 13.7 Å². The zero-order chi connectivity index (χ0) is 12.0. The molecule has 2 N–H and O–H groups in total. The van der Waals surface area contributed by atoms with Crippen LogP contribution in [0.3, 0.4) is 0 Å². The predicted molar refractivity (Wildman–Crippen MR) is 62.9 cm³/mol. The summed E-state index contributed by atoms with van der Waals surface area (Å²) in [5.41, 5.74) is 7.73. The lowest BCUT2D eigenvalue weighted by atomic mass is 10.1. The maximum atomic E-state index is 5.65. The molecule has 0 amide bonds. The molecule has 0 aromatic carbocycles. The van der Waals surface area contributed by atoms with Crippen LogP contribution in [0.1, 0.15) is 31.7 Å². The lowest BCUT2D eigenvalue weighted by Gasteiger charge is -2.08. The van der Waals surface area contributed by atoms with Gasteiger partial charge in [0.15, 0.2) is 0 Å². The van der Waals surface area contributed by atoms with Crippen molar-refractivity contribution in [2.45, 2.75) is 39.8 Å². The van der Waals surface area contributed by atoms with Crippen molar-refractivity contribution in [3.05, 3.63) is 11.4 Å². The van der Waals surface area contributed by atoms with Gasteiger partial charge in [-0.15, -0.1) is 5.10 Å². The molecule has 0 bridgehead atoms. The summed E-state index contributed by atoms with van der Waals surface area (Å²) in [7, 11) is 1.69. The molecule has 1 aromatic heterocycles. The van der Waals surface area contributed by atoms with Gasteiger partial charge in [0.05, 0.1) is 24.5 Å². The summed E-state index contributed by atoms with van der Waals surface area (Å²) in [5, 5.41) is 8.21. The first kappa shape index (κ1) is 13.1. The SMILES string of the molecule is COCCn1nnc(CN)c1CCC(C)C. The second-order valence-corrected chi connectivity index (χ2v) is 4.34.